The monoisotopic (exact) mass is 460 g/mol. The quantitative estimate of drug-likeness (QED) is 0.369. The van der Waals surface area contributed by atoms with Gasteiger partial charge in [-0.15, -0.1) is 0 Å². The molecule has 2 fully saturated rings. The van der Waals surface area contributed by atoms with Crippen molar-refractivity contribution in [3.63, 3.8) is 0 Å². The molecule has 8 nitrogen and oxygen atoms in total. The van der Waals surface area contributed by atoms with Crippen molar-refractivity contribution in [3.05, 3.63) is 44.7 Å². The van der Waals surface area contributed by atoms with Crippen LogP contribution in [0.4, 0.5) is 5.82 Å². The molecule has 0 spiro atoms. The van der Waals surface area contributed by atoms with E-state index in [-0.39, 0.29) is 11.5 Å². The highest BCUT2D eigenvalue weighted by Crippen LogP contribution is 2.33. The van der Waals surface area contributed by atoms with Crippen molar-refractivity contribution in [2.45, 2.75) is 13.3 Å². The zero-order valence-corrected chi connectivity index (χ0v) is 19.1. The molecule has 4 heterocycles. The van der Waals surface area contributed by atoms with Crippen LogP contribution in [0.2, 0.25) is 0 Å². The second-order valence-corrected chi connectivity index (χ2v) is 9.04. The standard InChI is InChI=1S/C21H24N4O4S2/c1-14-4-5-17-22-18(23-7-10-29-11-8-23)15(19(26)25(17)13-14)12-16-20(27)24(21(30)31-16)6-3-9-28-2/h4-5,12-13H,3,6-11H2,1-2H3. The predicted octanol–water partition coefficient (Wildman–Crippen LogP) is 2.08. The van der Waals surface area contributed by atoms with E-state index < -0.39 is 0 Å². The number of thioether (sulfide) groups is 1. The van der Waals surface area contributed by atoms with Crippen LogP contribution in [-0.2, 0) is 14.3 Å². The highest BCUT2D eigenvalue weighted by atomic mass is 32.2. The molecule has 2 saturated heterocycles. The molecule has 0 N–H and O–H groups in total. The molecule has 31 heavy (non-hydrogen) atoms. The van der Waals surface area contributed by atoms with Crippen LogP contribution >= 0.6 is 24.0 Å². The van der Waals surface area contributed by atoms with Crippen LogP contribution in [0.15, 0.2) is 28.0 Å². The molecule has 2 aliphatic rings. The molecule has 0 unspecified atom stereocenters. The van der Waals surface area contributed by atoms with Crippen molar-refractivity contribution in [3.8, 4) is 0 Å². The number of methoxy groups -OCH3 is 1. The van der Waals surface area contributed by atoms with Crippen molar-refractivity contribution in [2.24, 2.45) is 0 Å². The van der Waals surface area contributed by atoms with Crippen LogP contribution in [0.5, 0.6) is 0 Å². The van der Waals surface area contributed by atoms with Gasteiger partial charge in [-0.05, 0) is 31.1 Å². The van der Waals surface area contributed by atoms with Crippen LogP contribution in [0.3, 0.4) is 0 Å². The molecule has 0 aliphatic carbocycles. The maximum atomic E-state index is 13.4. The number of carbonyl (C=O) groups excluding carboxylic acids is 1. The van der Waals surface area contributed by atoms with Gasteiger partial charge >= 0.3 is 0 Å². The smallest absolute Gasteiger partial charge is 0.267 e. The van der Waals surface area contributed by atoms with Gasteiger partial charge in [0, 0.05) is 39.5 Å². The minimum absolute atomic E-state index is 0.187. The average molecular weight is 461 g/mol. The first-order valence-corrected chi connectivity index (χ1v) is 11.3. The van der Waals surface area contributed by atoms with Gasteiger partial charge in [-0.25, -0.2) is 4.98 Å². The van der Waals surface area contributed by atoms with Gasteiger partial charge in [0.25, 0.3) is 11.5 Å². The first-order chi connectivity index (χ1) is 15.0. The van der Waals surface area contributed by atoms with E-state index in [1.54, 1.807) is 24.3 Å². The normalized spacial score (nSPS) is 18.6. The van der Waals surface area contributed by atoms with Crippen LogP contribution < -0.4 is 10.5 Å². The van der Waals surface area contributed by atoms with Crippen LogP contribution in [0.1, 0.15) is 17.5 Å². The first-order valence-electron chi connectivity index (χ1n) is 10.1. The number of aryl methyl sites for hydroxylation is 1. The maximum absolute atomic E-state index is 13.4. The van der Waals surface area contributed by atoms with E-state index in [0.29, 0.717) is 72.1 Å². The fourth-order valence-corrected chi connectivity index (χ4v) is 4.87. The Balaban J connectivity index is 1.78. The summed E-state index contributed by atoms with van der Waals surface area (Å²) in [5.41, 5.74) is 1.70. The summed E-state index contributed by atoms with van der Waals surface area (Å²) in [6.45, 7) is 5.35. The number of hydrogen-bond donors (Lipinski definition) is 0. The molecular formula is C21H24N4O4S2. The predicted molar refractivity (Wildman–Crippen MR) is 126 cm³/mol. The van der Waals surface area contributed by atoms with E-state index in [9.17, 15) is 9.59 Å². The lowest BCUT2D eigenvalue weighted by atomic mass is 10.2. The highest BCUT2D eigenvalue weighted by molar-refractivity contribution is 8.26. The molecule has 1 amide bonds. The summed E-state index contributed by atoms with van der Waals surface area (Å²) in [4.78, 5) is 35.2. The van der Waals surface area contributed by atoms with Gasteiger partial charge in [-0.2, -0.15) is 0 Å². The van der Waals surface area contributed by atoms with Crippen molar-refractivity contribution in [2.75, 3.05) is 51.5 Å². The molecule has 2 aromatic heterocycles. The summed E-state index contributed by atoms with van der Waals surface area (Å²) in [5.74, 6) is 0.384. The number of aromatic nitrogens is 2. The molecule has 2 aliphatic heterocycles. The molecule has 0 atom stereocenters. The van der Waals surface area contributed by atoms with Crippen molar-refractivity contribution in [1.29, 1.82) is 0 Å². The minimum atomic E-state index is -0.208. The van der Waals surface area contributed by atoms with Crippen molar-refractivity contribution >= 4 is 51.7 Å². The molecule has 0 bridgehead atoms. The number of thiocarbonyl (C=S) groups is 1. The Morgan fingerprint density at radius 3 is 2.81 bits per heavy atom. The number of rotatable bonds is 6. The first kappa shape index (κ1) is 21.9. The topological polar surface area (TPSA) is 76.4 Å². The van der Waals surface area contributed by atoms with Gasteiger partial charge in [0.2, 0.25) is 0 Å². The number of anilines is 1. The van der Waals surface area contributed by atoms with Gasteiger partial charge in [0.1, 0.15) is 15.8 Å². The van der Waals surface area contributed by atoms with E-state index >= 15 is 0 Å². The number of amides is 1. The summed E-state index contributed by atoms with van der Waals surface area (Å²) in [6.07, 6.45) is 4.10. The van der Waals surface area contributed by atoms with Crippen LogP contribution in [-0.4, -0.2) is 71.1 Å². The molecule has 10 heteroatoms. The SMILES string of the molecule is COCCCN1C(=O)C(=Cc2c(N3CCOCC3)nc3ccc(C)cn3c2=O)SC1=S. The Morgan fingerprint density at radius 1 is 1.29 bits per heavy atom. The Morgan fingerprint density at radius 2 is 2.06 bits per heavy atom. The number of hydrogen-bond acceptors (Lipinski definition) is 8. The number of nitrogens with zero attached hydrogens (tertiary/aromatic N) is 4. The molecule has 0 saturated carbocycles. The largest absolute Gasteiger partial charge is 0.385 e. The lowest BCUT2D eigenvalue weighted by Crippen LogP contribution is -2.38. The molecule has 2 aromatic rings. The Hall–Kier alpha value is -2.27. The summed E-state index contributed by atoms with van der Waals surface area (Å²) in [7, 11) is 1.62. The number of ether oxygens (including phenoxy) is 2. The summed E-state index contributed by atoms with van der Waals surface area (Å²) in [5, 5.41) is 0. The fraction of sp³-hybridized carbons (Fsp3) is 0.429. The van der Waals surface area contributed by atoms with Crippen LogP contribution in [0.25, 0.3) is 11.7 Å². The van der Waals surface area contributed by atoms with Gasteiger partial charge in [-0.3, -0.25) is 18.9 Å². The average Bonchev–Trinajstić information content (AvgIpc) is 3.04. The van der Waals surface area contributed by atoms with E-state index in [1.165, 1.54) is 16.2 Å². The summed E-state index contributed by atoms with van der Waals surface area (Å²) < 4.78 is 12.6. The van der Waals surface area contributed by atoms with E-state index in [4.69, 9.17) is 26.7 Å². The van der Waals surface area contributed by atoms with E-state index in [2.05, 4.69) is 0 Å². The fourth-order valence-electron chi connectivity index (χ4n) is 3.58. The zero-order valence-electron chi connectivity index (χ0n) is 17.5. The number of carbonyl (C=O) groups is 1. The van der Waals surface area contributed by atoms with Gasteiger partial charge in [0.15, 0.2) is 0 Å². The second kappa shape index (κ2) is 9.47. The highest BCUT2D eigenvalue weighted by Gasteiger charge is 2.32. The number of fused-ring (bicyclic) bond motifs is 1. The third-order valence-corrected chi connectivity index (χ3v) is 6.55. The molecule has 0 radical (unpaired) electrons. The maximum Gasteiger partial charge on any atom is 0.267 e. The Labute approximate surface area is 189 Å². The Kier molecular flexibility index (Phi) is 6.71. The third-order valence-electron chi connectivity index (χ3n) is 5.18. The molecule has 164 valence electrons. The van der Waals surface area contributed by atoms with Crippen molar-refractivity contribution in [1.82, 2.24) is 14.3 Å². The summed E-state index contributed by atoms with van der Waals surface area (Å²) >= 11 is 6.62. The molecule has 4 rings (SSSR count). The summed E-state index contributed by atoms with van der Waals surface area (Å²) in [6, 6.07) is 3.76. The lowest BCUT2D eigenvalue weighted by molar-refractivity contribution is -0.122. The second-order valence-electron chi connectivity index (χ2n) is 7.37. The van der Waals surface area contributed by atoms with E-state index in [0.717, 1.165) is 5.56 Å². The zero-order chi connectivity index (χ0) is 22.0. The third kappa shape index (κ3) is 4.52. The van der Waals surface area contributed by atoms with Crippen molar-refractivity contribution < 1.29 is 14.3 Å². The van der Waals surface area contributed by atoms with Gasteiger partial charge < -0.3 is 14.4 Å². The number of pyridine rings is 1. The molecule has 0 aromatic carbocycles. The van der Waals surface area contributed by atoms with Gasteiger partial charge in [0.05, 0.1) is 23.7 Å². The Bertz CT molecular complexity index is 1110. The van der Waals surface area contributed by atoms with Gasteiger partial charge in [-0.1, -0.05) is 30.0 Å². The molecular weight excluding hydrogens is 436 g/mol. The number of morpholine rings is 1. The van der Waals surface area contributed by atoms with Crippen LogP contribution in [0, 0.1) is 6.92 Å². The van der Waals surface area contributed by atoms with E-state index in [1.807, 2.05) is 24.0 Å². The minimum Gasteiger partial charge on any atom is -0.385 e. The lowest BCUT2D eigenvalue weighted by Gasteiger charge is -2.29.